The fraction of sp³-hybridized carbons (Fsp3) is 0.647. The largest absolute Gasteiger partial charge is 0.385 e. The van der Waals surface area contributed by atoms with Gasteiger partial charge < -0.3 is 10.1 Å². The minimum atomic E-state index is 0.232. The van der Waals surface area contributed by atoms with E-state index < -0.39 is 0 Å². The molecule has 2 nitrogen and oxygen atoms in total. The van der Waals surface area contributed by atoms with E-state index in [1.54, 1.807) is 7.11 Å². The van der Waals surface area contributed by atoms with Crippen molar-refractivity contribution in [2.75, 3.05) is 20.3 Å². The Kier molecular flexibility index (Phi) is 6.53. The van der Waals surface area contributed by atoms with Crippen molar-refractivity contribution in [1.29, 1.82) is 0 Å². The van der Waals surface area contributed by atoms with Crippen LogP contribution in [-0.2, 0) is 16.6 Å². The van der Waals surface area contributed by atoms with Gasteiger partial charge in [0.1, 0.15) is 0 Å². The molecule has 1 unspecified atom stereocenters. The summed E-state index contributed by atoms with van der Waals surface area (Å²) in [7, 11) is 1.77. The SMILES string of the molecule is CCNC(CCOC)Cc1ccc(C(C)(C)C)cc1. The minimum Gasteiger partial charge on any atom is -0.385 e. The summed E-state index contributed by atoms with van der Waals surface area (Å²) in [6.07, 6.45) is 2.13. The number of hydrogen-bond acceptors (Lipinski definition) is 2. The lowest BCUT2D eigenvalue weighted by Crippen LogP contribution is -2.32. The maximum absolute atomic E-state index is 5.18. The van der Waals surface area contributed by atoms with Gasteiger partial charge in [-0.25, -0.2) is 0 Å². The van der Waals surface area contributed by atoms with Gasteiger partial charge in [0.15, 0.2) is 0 Å². The molecule has 0 spiro atoms. The van der Waals surface area contributed by atoms with Crippen molar-refractivity contribution in [2.45, 2.75) is 52.0 Å². The van der Waals surface area contributed by atoms with Gasteiger partial charge in [-0.3, -0.25) is 0 Å². The highest BCUT2D eigenvalue weighted by Gasteiger charge is 2.14. The van der Waals surface area contributed by atoms with Gasteiger partial charge in [-0.2, -0.15) is 0 Å². The Morgan fingerprint density at radius 3 is 2.26 bits per heavy atom. The molecule has 0 saturated heterocycles. The third-order valence-corrected chi connectivity index (χ3v) is 3.47. The number of hydrogen-bond donors (Lipinski definition) is 1. The lowest BCUT2D eigenvalue weighted by Gasteiger charge is -2.21. The van der Waals surface area contributed by atoms with Crippen molar-refractivity contribution < 1.29 is 4.74 Å². The molecule has 0 aliphatic carbocycles. The maximum atomic E-state index is 5.18. The van der Waals surface area contributed by atoms with Crippen LogP contribution in [0.25, 0.3) is 0 Å². The van der Waals surface area contributed by atoms with Crippen LogP contribution in [0.4, 0.5) is 0 Å². The average Bonchev–Trinajstić information content (AvgIpc) is 2.36. The summed E-state index contributed by atoms with van der Waals surface area (Å²) < 4.78 is 5.18. The van der Waals surface area contributed by atoms with Gasteiger partial charge in [-0.1, -0.05) is 52.0 Å². The van der Waals surface area contributed by atoms with Crippen LogP contribution >= 0.6 is 0 Å². The second-order valence-electron chi connectivity index (χ2n) is 6.19. The Morgan fingerprint density at radius 1 is 1.16 bits per heavy atom. The van der Waals surface area contributed by atoms with Crippen LogP contribution in [0.5, 0.6) is 0 Å². The molecular formula is C17H29NO. The van der Waals surface area contributed by atoms with Crippen LogP contribution in [0.2, 0.25) is 0 Å². The highest BCUT2D eigenvalue weighted by Crippen LogP contribution is 2.22. The maximum Gasteiger partial charge on any atom is 0.0477 e. The first-order valence-corrected chi connectivity index (χ1v) is 7.29. The van der Waals surface area contributed by atoms with E-state index >= 15 is 0 Å². The van der Waals surface area contributed by atoms with Gasteiger partial charge in [-0.05, 0) is 35.9 Å². The zero-order valence-electron chi connectivity index (χ0n) is 13.1. The average molecular weight is 263 g/mol. The van der Waals surface area contributed by atoms with Gasteiger partial charge in [-0.15, -0.1) is 0 Å². The van der Waals surface area contributed by atoms with E-state index in [4.69, 9.17) is 4.74 Å². The Balaban J connectivity index is 2.64. The summed E-state index contributed by atoms with van der Waals surface area (Å²) in [4.78, 5) is 0. The number of likely N-dealkylation sites (N-methyl/N-ethyl adjacent to an activating group) is 1. The van der Waals surface area contributed by atoms with E-state index in [0.717, 1.165) is 26.0 Å². The highest BCUT2D eigenvalue weighted by molar-refractivity contribution is 5.28. The van der Waals surface area contributed by atoms with E-state index in [-0.39, 0.29) is 5.41 Å². The molecule has 2 heteroatoms. The fourth-order valence-electron chi connectivity index (χ4n) is 2.25. The normalized spacial score (nSPS) is 13.5. The van der Waals surface area contributed by atoms with E-state index in [1.165, 1.54) is 11.1 Å². The molecule has 1 aromatic carbocycles. The van der Waals surface area contributed by atoms with E-state index in [1.807, 2.05) is 0 Å². The number of rotatable bonds is 7. The van der Waals surface area contributed by atoms with Crippen molar-refractivity contribution in [1.82, 2.24) is 5.32 Å². The van der Waals surface area contributed by atoms with Gasteiger partial charge in [0.25, 0.3) is 0 Å². The van der Waals surface area contributed by atoms with Crippen molar-refractivity contribution in [3.8, 4) is 0 Å². The predicted molar refractivity (Wildman–Crippen MR) is 82.8 cm³/mol. The lowest BCUT2D eigenvalue weighted by atomic mass is 9.86. The number of benzene rings is 1. The molecule has 1 aromatic rings. The lowest BCUT2D eigenvalue weighted by molar-refractivity contribution is 0.183. The van der Waals surface area contributed by atoms with Gasteiger partial charge in [0.2, 0.25) is 0 Å². The molecule has 0 amide bonds. The standard InChI is InChI=1S/C17H29NO/c1-6-18-16(11-12-19-5)13-14-7-9-15(10-8-14)17(2,3)4/h7-10,16,18H,6,11-13H2,1-5H3. The molecular weight excluding hydrogens is 234 g/mol. The molecule has 0 fully saturated rings. The van der Waals surface area contributed by atoms with E-state index in [9.17, 15) is 0 Å². The summed E-state index contributed by atoms with van der Waals surface area (Å²) in [5, 5.41) is 3.53. The van der Waals surface area contributed by atoms with Gasteiger partial charge in [0, 0.05) is 19.8 Å². The fourth-order valence-corrected chi connectivity index (χ4v) is 2.25. The van der Waals surface area contributed by atoms with Crippen molar-refractivity contribution in [3.63, 3.8) is 0 Å². The summed E-state index contributed by atoms with van der Waals surface area (Å²) in [5.41, 5.74) is 3.03. The summed E-state index contributed by atoms with van der Waals surface area (Å²) >= 11 is 0. The van der Waals surface area contributed by atoms with Crippen LogP contribution in [0.1, 0.15) is 45.2 Å². The zero-order valence-corrected chi connectivity index (χ0v) is 13.1. The third kappa shape index (κ3) is 5.75. The monoisotopic (exact) mass is 263 g/mol. The van der Waals surface area contributed by atoms with Crippen LogP contribution in [-0.4, -0.2) is 26.3 Å². The molecule has 0 bridgehead atoms. The molecule has 1 atom stereocenters. The number of ether oxygens (including phenoxy) is 1. The quantitative estimate of drug-likeness (QED) is 0.812. The number of methoxy groups -OCH3 is 1. The van der Waals surface area contributed by atoms with Crippen LogP contribution < -0.4 is 5.32 Å². The molecule has 0 aliphatic rings. The topological polar surface area (TPSA) is 21.3 Å². The smallest absolute Gasteiger partial charge is 0.0477 e. The molecule has 0 aromatic heterocycles. The van der Waals surface area contributed by atoms with Crippen LogP contribution in [0.15, 0.2) is 24.3 Å². The summed E-state index contributed by atoms with van der Waals surface area (Å²) in [5.74, 6) is 0. The first-order valence-electron chi connectivity index (χ1n) is 7.29. The summed E-state index contributed by atoms with van der Waals surface area (Å²) in [6, 6.07) is 9.55. The molecule has 0 heterocycles. The summed E-state index contributed by atoms with van der Waals surface area (Å²) in [6.45, 7) is 10.7. The Bertz CT molecular complexity index is 351. The number of nitrogens with one attached hydrogen (secondary N) is 1. The van der Waals surface area contributed by atoms with E-state index in [0.29, 0.717) is 6.04 Å². The van der Waals surface area contributed by atoms with Crippen molar-refractivity contribution in [2.24, 2.45) is 0 Å². The van der Waals surface area contributed by atoms with E-state index in [2.05, 4.69) is 57.3 Å². The minimum absolute atomic E-state index is 0.232. The van der Waals surface area contributed by atoms with Crippen LogP contribution in [0, 0.1) is 0 Å². The molecule has 108 valence electrons. The second kappa shape index (κ2) is 7.66. The molecule has 0 aliphatic heterocycles. The first kappa shape index (κ1) is 16.2. The Hall–Kier alpha value is -0.860. The predicted octanol–water partition coefficient (Wildman–Crippen LogP) is 3.54. The van der Waals surface area contributed by atoms with Gasteiger partial charge in [0.05, 0.1) is 0 Å². The molecule has 19 heavy (non-hydrogen) atoms. The third-order valence-electron chi connectivity index (χ3n) is 3.47. The Labute approximate surface area is 118 Å². The van der Waals surface area contributed by atoms with Gasteiger partial charge >= 0.3 is 0 Å². The zero-order chi connectivity index (χ0) is 14.3. The molecule has 0 radical (unpaired) electrons. The molecule has 0 saturated carbocycles. The molecule has 1 rings (SSSR count). The highest BCUT2D eigenvalue weighted by atomic mass is 16.5. The first-order chi connectivity index (χ1) is 8.97. The second-order valence-corrected chi connectivity index (χ2v) is 6.19. The molecule has 1 N–H and O–H groups in total. The van der Waals surface area contributed by atoms with Crippen LogP contribution in [0.3, 0.4) is 0 Å². The Morgan fingerprint density at radius 2 is 1.79 bits per heavy atom. The van der Waals surface area contributed by atoms with Crippen molar-refractivity contribution in [3.05, 3.63) is 35.4 Å². The van der Waals surface area contributed by atoms with Crippen molar-refractivity contribution >= 4 is 0 Å².